The van der Waals surface area contributed by atoms with Crippen molar-refractivity contribution in [3.63, 3.8) is 0 Å². The van der Waals surface area contributed by atoms with Crippen molar-refractivity contribution in [3.05, 3.63) is 0 Å². The molecule has 3 rings (SSSR count). The molecule has 3 aliphatic rings. The molecular formula is C20H36O16. The smallest absolute Gasteiger partial charge is 0.187 e. The molecule has 0 aromatic heterocycles. The lowest BCUT2D eigenvalue weighted by Gasteiger charge is -2.48. The molecule has 15 atom stereocenters. The third-order valence-corrected chi connectivity index (χ3v) is 6.40. The lowest BCUT2D eigenvalue weighted by molar-refractivity contribution is -0.379. The van der Waals surface area contributed by atoms with E-state index in [9.17, 15) is 51.1 Å². The Kier molecular flexibility index (Phi) is 10.8. The summed E-state index contributed by atoms with van der Waals surface area (Å²) in [6.07, 6.45) is -23.8. The largest absolute Gasteiger partial charge is 0.394 e. The maximum Gasteiger partial charge on any atom is 0.187 e. The minimum atomic E-state index is -1.88. The van der Waals surface area contributed by atoms with Gasteiger partial charge in [0.05, 0.1) is 19.8 Å². The second-order valence-corrected chi connectivity index (χ2v) is 8.77. The van der Waals surface area contributed by atoms with Gasteiger partial charge in [-0.05, 0) is 6.92 Å². The zero-order valence-electron chi connectivity index (χ0n) is 19.4. The first-order chi connectivity index (χ1) is 17.1. The van der Waals surface area contributed by atoms with Crippen molar-refractivity contribution < 1.29 is 79.5 Å². The summed E-state index contributed by atoms with van der Waals surface area (Å²) in [5.41, 5.74) is 0. The summed E-state index contributed by atoms with van der Waals surface area (Å²) in [5, 5.41) is 101. The van der Waals surface area contributed by atoms with Crippen LogP contribution in [0.15, 0.2) is 0 Å². The van der Waals surface area contributed by atoms with Crippen molar-refractivity contribution in [2.75, 3.05) is 26.4 Å². The Morgan fingerprint density at radius 1 is 0.500 bits per heavy atom. The summed E-state index contributed by atoms with van der Waals surface area (Å²) < 4.78 is 32.3. The van der Waals surface area contributed by atoms with Crippen LogP contribution in [0.25, 0.3) is 0 Å². The van der Waals surface area contributed by atoms with Gasteiger partial charge in [-0.25, -0.2) is 0 Å². The summed E-state index contributed by atoms with van der Waals surface area (Å²) in [4.78, 5) is 0. The third kappa shape index (κ3) is 5.99. The second-order valence-electron chi connectivity index (χ2n) is 8.77. The second kappa shape index (κ2) is 12.9. The lowest BCUT2D eigenvalue weighted by atomic mass is 9.96. The van der Waals surface area contributed by atoms with Crippen LogP contribution in [-0.2, 0) is 28.4 Å². The first-order valence-corrected chi connectivity index (χ1v) is 11.6. The monoisotopic (exact) mass is 532 g/mol. The Morgan fingerprint density at radius 2 is 0.889 bits per heavy atom. The predicted octanol–water partition coefficient (Wildman–Crippen LogP) is -6.53. The normalized spacial score (nSPS) is 50.2. The van der Waals surface area contributed by atoms with Crippen LogP contribution in [0.5, 0.6) is 0 Å². The minimum absolute atomic E-state index is 0.142. The summed E-state index contributed by atoms with van der Waals surface area (Å²) >= 11 is 0. The molecule has 0 aromatic carbocycles. The van der Waals surface area contributed by atoms with Crippen molar-refractivity contribution in [3.8, 4) is 0 Å². The van der Waals surface area contributed by atoms with Gasteiger partial charge in [0.2, 0.25) is 0 Å². The molecule has 10 N–H and O–H groups in total. The van der Waals surface area contributed by atoms with Crippen molar-refractivity contribution >= 4 is 0 Å². The zero-order chi connectivity index (χ0) is 26.7. The van der Waals surface area contributed by atoms with Crippen molar-refractivity contribution in [1.29, 1.82) is 0 Å². The molecule has 0 aliphatic carbocycles. The molecule has 0 radical (unpaired) electrons. The van der Waals surface area contributed by atoms with Gasteiger partial charge < -0.3 is 79.5 Å². The predicted molar refractivity (Wildman–Crippen MR) is 111 cm³/mol. The van der Waals surface area contributed by atoms with Crippen LogP contribution in [-0.4, -0.2) is 170 Å². The fraction of sp³-hybridized carbons (Fsp3) is 1.00. The van der Waals surface area contributed by atoms with Crippen molar-refractivity contribution in [1.82, 2.24) is 0 Å². The Hall–Kier alpha value is -0.640. The van der Waals surface area contributed by atoms with Crippen molar-refractivity contribution in [2.45, 2.75) is 99.0 Å². The average Bonchev–Trinajstić information content (AvgIpc) is 2.87. The Morgan fingerprint density at radius 3 is 1.33 bits per heavy atom. The van der Waals surface area contributed by atoms with Crippen molar-refractivity contribution in [2.24, 2.45) is 0 Å². The number of hydrogen-bond donors (Lipinski definition) is 10. The topological polar surface area (TPSA) is 258 Å². The molecule has 0 aromatic rings. The van der Waals surface area contributed by atoms with Gasteiger partial charge in [0.1, 0.15) is 73.2 Å². The standard InChI is InChI=1S/C20H36O16/c1-2-31-18-14(29)11(26)16(7(4-22)33-18)36-20-15(30)12(27)17(8(5-23)34-20)35-19-13(28)10(25)9(24)6(3-21)32-19/h6-30H,2-5H2,1H3/t6-,7-,8-,9+,10+,11-,12-,13-,14-,15-,16-,17+,18+,19+,20+/m1/s1. The molecule has 0 bridgehead atoms. The number of hydrogen-bond acceptors (Lipinski definition) is 16. The number of rotatable bonds is 9. The number of aliphatic hydroxyl groups is 10. The molecule has 36 heavy (non-hydrogen) atoms. The van der Waals surface area contributed by atoms with E-state index in [-0.39, 0.29) is 6.61 Å². The van der Waals surface area contributed by atoms with Gasteiger partial charge in [0.15, 0.2) is 18.9 Å². The van der Waals surface area contributed by atoms with E-state index in [0.29, 0.717) is 0 Å². The molecule has 3 heterocycles. The van der Waals surface area contributed by atoms with Crippen LogP contribution in [0, 0.1) is 0 Å². The van der Waals surface area contributed by atoms with Crippen LogP contribution in [0.2, 0.25) is 0 Å². The highest BCUT2D eigenvalue weighted by Crippen LogP contribution is 2.32. The summed E-state index contributed by atoms with van der Waals surface area (Å²) in [7, 11) is 0. The van der Waals surface area contributed by atoms with E-state index < -0.39 is 112 Å². The first-order valence-electron chi connectivity index (χ1n) is 11.6. The quantitative estimate of drug-likeness (QED) is 0.132. The SMILES string of the molecule is CCO[C@H]1O[C@H](CO)[C@@H](O[C@@H]2O[C@H](CO)[C@H](O[C@@H]3O[C@H](CO)[C@H](O)[C@H](O)[C@H]3O)[C@H](O)[C@H]2O)[C@H](O)[C@H]1O. The van der Waals surface area contributed by atoms with E-state index in [4.69, 9.17) is 28.4 Å². The molecule has 212 valence electrons. The average molecular weight is 532 g/mol. The summed E-state index contributed by atoms with van der Waals surface area (Å²) in [5.74, 6) is 0. The molecule has 3 saturated heterocycles. The molecule has 16 heteroatoms. The molecule has 0 saturated carbocycles. The van der Waals surface area contributed by atoms with E-state index in [1.165, 1.54) is 0 Å². The van der Waals surface area contributed by atoms with Gasteiger partial charge in [0, 0.05) is 6.61 Å². The van der Waals surface area contributed by atoms with Gasteiger partial charge in [-0.1, -0.05) is 0 Å². The summed E-state index contributed by atoms with van der Waals surface area (Å²) in [6, 6.07) is 0. The molecule has 0 amide bonds. The molecule has 0 unspecified atom stereocenters. The third-order valence-electron chi connectivity index (χ3n) is 6.40. The first kappa shape index (κ1) is 29.9. The maximum absolute atomic E-state index is 10.7. The van der Waals surface area contributed by atoms with Crippen LogP contribution in [0.3, 0.4) is 0 Å². The Balaban J connectivity index is 1.71. The van der Waals surface area contributed by atoms with Crippen LogP contribution in [0.1, 0.15) is 6.92 Å². The highest BCUT2D eigenvalue weighted by Gasteiger charge is 2.53. The van der Waals surface area contributed by atoms with E-state index in [1.807, 2.05) is 0 Å². The highest BCUT2D eigenvalue weighted by molar-refractivity contribution is 4.96. The van der Waals surface area contributed by atoms with Gasteiger partial charge in [-0.15, -0.1) is 0 Å². The number of aliphatic hydroxyl groups excluding tert-OH is 10. The van der Waals surface area contributed by atoms with E-state index in [2.05, 4.69) is 0 Å². The zero-order valence-corrected chi connectivity index (χ0v) is 19.4. The van der Waals surface area contributed by atoms with Gasteiger partial charge in [-0.3, -0.25) is 0 Å². The van der Waals surface area contributed by atoms with E-state index in [0.717, 1.165) is 0 Å². The fourth-order valence-electron chi connectivity index (χ4n) is 4.35. The van der Waals surface area contributed by atoms with E-state index in [1.54, 1.807) is 6.92 Å². The minimum Gasteiger partial charge on any atom is -0.394 e. The molecule has 16 nitrogen and oxygen atoms in total. The highest BCUT2D eigenvalue weighted by atomic mass is 16.8. The van der Waals surface area contributed by atoms with Crippen LogP contribution < -0.4 is 0 Å². The van der Waals surface area contributed by atoms with Crippen LogP contribution >= 0.6 is 0 Å². The Bertz CT molecular complexity index is 666. The van der Waals surface area contributed by atoms with Gasteiger partial charge in [0.25, 0.3) is 0 Å². The fourth-order valence-corrected chi connectivity index (χ4v) is 4.35. The molecule has 0 spiro atoms. The maximum atomic E-state index is 10.7. The summed E-state index contributed by atoms with van der Waals surface area (Å²) in [6.45, 7) is -0.430. The molecular weight excluding hydrogens is 496 g/mol. The van der Waals surface area contributed by atoms with E-state index >= 15 is 0 Å². The van der Waals surface area contributed by atoms with Gasteiger partial charge >= 0.3 is 0 Å². The lowest BCUT2D eigenvalue weighted by Crippen LogP contribution is -2.66. The number of ether oxygens (including phenoxy) is 6. The molecule has 3 aliphatic heterocycles. The molecule has 3 fully saturated rings. The Labute approximate surface area is 205 Å². The van der Waals surface area contributed by atoms with Crippen LogP contribution in [0.4, 0.5) is 0 Å². The van der Waals surface area contributed by atoms with Gasteiger partial charge in [-0.2, -0.15) is 0 Å².